The number of aromatic amines is 1. The summed E-state index contributed by atoms with van der Waals surface area (Å²) in [5, 5.41) is 8.39. The molecule has 0 bridgehead atoms. The van der Waals surface area contributed by atoms with Crippen molar-refractivity contribution in [3.8, 4) is 11.3 Å². The van der Waals surface area contributed by atoms with Gasteiger partial charge >= 0.3 is 0 Å². The highest BCUT2D eigenvalue weighted by molar-refractivity contribution is 5.94. The second-order valence-corrected chi connectivity index (χ2v) is 7.99. The van der Waals surface area contributed by atoms with Crippen molar-refractivity contribution in [2.45, 2.75) is 25.7 Å². The first-order valence-electron chi connectivity index (χ1n) is 10.6. The number of rotatable bonds is 6. The second kappa shape index (κ2) is 8.21. The number of fused-ring (bicyclic) bond motifs is 2. The fourth-order valence-electron chi connectivity index (χ4n) is 4.35. The summed E-state index contributed by atoms with van der Waals surface area (Å²) < 4.78 is 0. The van der Waals surface area contributed by atoms with Crippen LogP contribution in [0, 0.1) is 5.92 Å². The van der Waals surface area contributed by atoms with Gasteiger partial charge in [0, 0.05) is 23.2 Å². The molecule has 1 aliphatic heterocycles. The average Bonchev–Trinajstić information content (AvgIpc) is 3.25. The molecular weight excluding hydrogens is 358 g/mol. The zero-order valence-electron chi connectivity index (χ0n) is 16.6. The van der Waals surface area contributed by atoms with Gasteiger partial charge in [0.05, 0.1) is 28.6 Å². The van der Waals surface area contributed by atoms with Crippen molar-refractivity contribution in [3.05, 3.63) is 54.9 Å². The molecule has 0 aliphatic carbocycles. The van der Waals surface area contributed by atoms with E-state index in [0.717, 1.165) is 46.0 Å². The van der Waals surface area contributed by atoms with Gasteiger partial charge in [-0.1, -0.05) is 24.3 Å². The number of anilines is 1. The largest absolute Gasteiger partial charge is 0.384 e. The van der Waals surface area contributed by atoms with Gasteiger partial charge in [-0.05, 0) is 69.0 Å². The maximum absolute atomic E-state index is 4.92. The molecule has 0 saturated carbocycles. The lowest BCUT2D eigenvalue weighted by atomic mass is 9.95. The van der Waals surface area contributed by atoms with Crippen molar-refractivity contribution >= 4 is 27.6 Å². The maximum atomic E-state index is 4.92. The topological polar surface area (TPSA) is 65.6 Å². The Morgan fingerprint density at radius 3 is 2.97 bits per heavy atom. The van der Waals surface area contributed by atoms with E-state index in [0.29, 0.717) is 0 Å². The molecule has 5 nitrogen and oxygen atoms in total. The molecule has 148 valence electrons. The summed E-state index contributed by atoms with van der Waals surface area (Å²) >= 11 is 0. The molecule has 1 fully saturated rings. The van der Waals surface area contributed by atoms with Crippen LogP contribution in [0.15, 0.2) is 54.9 Å². The van der Waals surface area contributed by atoms with Crippen LogP contribution in [0.25, 0.3) is 33.2 Å². The molecular formula is C24H27N5. The monoisotopic (exact) mass is 385 g/mol. The lowest BCUT2D eigenvalue weighted by Gasteiger charge is -2.22. The molecule has 0 spiro atoms. The molecule has 1 saturated heterocycles. The Bertz CT molecular complexity index is 1110. The van der Waals surface area contributed by atoms with Crippen molar-refractivity contribution in [1.82, 2.24) is 20.3 Å². The van der Waals surface area contributed by atoms with E-state index < -0.39 is 0 Å². The molecule has 2 aromatic carbocycles. The zero-order chi connectivity index (χ0) is 19.5. The number of hydrogen-bond acceptors (Lipinski definition) is 4. The van der Waals surface area contributed by atoms with Crippen molar-refractivity contribution in [1.29, 1.82) is 0 Å². The predicted molar refractivity (Wildman–Crippen MR) is 120 cm³/mol. The molecule has 4 aromatic rings. The van der Waals surface area contributed by atoms with Crippen molar-refractivity contribution in [2.24, 2.45) is 5.92 Å². The molecule has 2 aromatic heterocycles. The van der Waals surface area contributed by atoms with Crippen LogP contribution in [0.3, 0.4) is 0 Å². The first-order valence-corrected chi connectivity index (χ1v) is 10.6. The van der Waals surface area contributed by atoms with E-state index in [1.807, 2.05) is 6.07 Å². The number of aromatic nitrogens is 3. The van der Waals surface area contributed by atoms with Crippen LogP contribution in [-0.4, -0.2) is 34.6 Å². The van der Waals surface area contributed by atoms with Gasteiger partial charge in [0.2, 0.25) is 0 Å². The van der Waals surface area contributed by atoms with Crippen LogP contribution in [0.4, 0.5) is 5.69 Å². The van der Waals surface area contributed by atoms with Crippen LogP contribution in [0.2, 0.25) is 0 Å². The molecule has 29 heavy (non-hydrogen) atoms. The third-order valence-corrected chi connectivity index (χ3v) is 5.94. The summed E-state index contributed by atoms with van der Waals surface area (Å²) in [7, 11) is 0. The minimum atomic E-state index is 0.830. The van der Waals surface area contributed by atoms with Gasteiger partial charge in [-0.15, -0.1) is 0 Å². The van der Waals surface area contributed by atoms with Crippen molar-refractivity contribution < 1.29 is 0 Å². The van der Waals surface area contributed by atoms with E-state index in [9.17, 15) is 0 Å². The van der Waals surface area contributed by atoms with E-state index in [4.69, 9.17) is 4.98 Å². The smallest absolute Gasteiger partial charge is 0.0931 e. The van der Waals surface area contributed by atoms with Gasteiger partial charge in [-0.25, -0.2) is 9.97 Å². The number of hydrogen-bond donors (Lipinski definition) is 3. The Morgan fingerprint density at radius 1 is 1.07 bits per heavy atom. The minimum Gasteiger partial charge on any atom is -0.384 e. The summed E-state index contributed by atoms with van der Waals surface area (Å²) in [6.45, 7) is 3.35. The molecule has 0 amide bonds. The number of nitrogens with one attached hydrogen (secondary N) is 3. The van der Waals surface area contributed by atoms with Crippen molar-refractivity contribution in [3.63, 3.8) is 0 Å². The number of para-hydroxylation sites is 1. The Balaban J connectivity index is 1.38. The highest BCUT2D eigenvalue weighted by atomic mass is 14.9. The summed E-state index contributed by atoms with van der Waals surface area (Å²) in [6.07, 6.45) is 6.89. The normalized spacial score (nSPS) is 17.0. The summed E-state index contributed by atoms with van der Waals surface area (Å²) in [4.78, 5) is 12.4. The van der Waals surface area contributed by atoms with Crippen LogP contribution in [0.5, 0.6) is 0 Å². The van der Waals surface area contributed by atoms with Gasteiger partial charge in [-0.3, -0.25) is 0 Å². The molecule has 5 rings (SSSR count). The fourth-order valence-corrected chi connectivity index (χ4v) is 4.35. The van der Waals surface area contributed by atoms with Gasteiger partial charge in [0.15, 0.2) is 0 Å². The minimum absolute atomic E-state index is 0.830. The van der Waals surface area contributed by atoms with E-state index in [2.05, 4.69) is 63.1 Å². The van der Waals surface area contributed by atoms with E-state index >= 15 is 0 Å². The number of benzene rings is 2. The number of piperidine rings is 1. The maximum Gasteiger partial charge on any atom is 0.0931 e. The third kappa shape index (κ3) is 3.96. The lowest BCUT2D eigenvalue weighted by Crippen LogP contribution is -2.29. The van der Waals surface area contributed by atoms with Crippen LogP contribution < -0.4 is 10.6 Å². The molecule has 1 unspecified atom stereocenters. The van der Waals surface area contributed by atoms with E-state index in [1.54, 1.807) is 6.33 Å². The van der Waals surface area contributed by atoms with Gasteiger partial charge in [0.1, 0.15) is 0 Å². The Hall–Kier alpha value is -2.92. The van der Waals surface area contributed by atoms with Crippen LogP contribution >= 0.6 is 0 Å². The summed E-state index contributed by atoms with van der Waals surface area (Å²) in [5.74, 6) is 0.830. The Morgan fingerprint density at radius 2 is 2.03 bits per heavy atom. The van der Waals surface area contributed by atoms with Gasteiger partial charge in [0.25, 0.3) is 0 Å². The highest BCUT2D eigenvalue weighted by Gasteiger charge is 2.13. The van der Waals surface area contributed by atoms with Crippen LogP contribution in [0.1, 0.15) is 25.7 Å². The van der Waals surface area contributed by atoms with E-state index in [-0.39, 0.29) is 0 Å². The van der Waals surface area contributed by atoms with Gasteiger partial charge in [-0.2, -0.15) is 0 Å². The van der Waals surface area contributed by atoms with Gasteiger partial charge < -0.3 is 15.6 Å². The quantitative estimate of drug-likeness (QED) is 0.410. The molecule has 3 heterocycles. The molecule has 3 N–H and O–H groups in total. The number of nitrogens with zero attached hydrogens (tertiary/aromatic N) is 2. The summed E-state index contributed by atoms with van der Waals surface area (Å²) in [6, 6.07) is 16.8. The zero-order valence-corrected chi connectivity index (χ0v) is 16.6. The lowest BCUT2D eigenvalue weighted by molar-refractivity contribution is 0.353. The molecule has 1 aliphatic rings. The molecule has 5 heteroatoms. The number of imidazole rings is 1. The predicted octanol–water partition coefficient (Wildman–Crippen LogP) is 4.97. The Kier molecular flexibility index (Phi) is 5.13. The molecule has 1 atom stereocenters. The second-order valence-electron chi connectivity index (χ2n) is 7.99. The first kappa shape index (κ1) is 18.1. The fraction of sp³-hybridized carbons (Fsp3) is 0.333. The van der Waals surface area contributed by atoms with E-state index in [1.165, 1.54) is 44.2 Å². The first-order chi connectivity index (χ1) is 14.4. The molecule has 0 radical (unpaired) electrons. The highest BCUT2D eigenvalue weighted by Crippen LogP contribution is 2.29. The standard InChI is InChI=1S/C24H27N5/c1-2-8-20-19(7-1)23(26-12-4-6-17-5-3-11-25-15-17)14-22(29-20)18-9-10-21-24(13-18)28-16-27-21/h1-2,7-10,13-14,16-17,25H,3-6,11-12,15H2,(H,26,29)(H,27,28). The summed E-state index contributed by atoms with van der Waals surface area (Å²) in [5.41, 5.74) is 6.28. The number of pyridine rings is 1. The van der Waals surface area contributed by atoms with Crippen LogP contribution in [-0.2, 0) is 0 Å². The third-order valence-electron chi connectivity index (χ3n) is 5.94. The average molecular weight is 386 g/mol. The number of H-pyrrole nitrogens is 1. The van der Waals surface area contributed by atoms with Crippen molar-refractivity contribution in [2.75, 3.05) is 25.0 Å². The Labute approximate surface area is 171 Å². The SMILES string of the molecule is c1ccc2c(NCCCC3CCCNC3)cc(-c3ccc4nc[nH]c4c3)nc2c1.